The lowest BCUT2D eigenvalue weighted by atomic mass is 10.1. The standard InChI is InChI=1S/C25H38ClN7O4/c1-33(2,15-13-30-25(35)21-23(27)32-24(28)22(26)31-21)14-7-5-6-12-29-20(34)11-9-17-8-10-18(36-3)19(16-17)37-4/h8,10,16H,5-7,9,11-15H2,1-4H3,(H5-,27,28,29,30,32,34,35)/p+1. The molecule has 0 spiro atoms. The van der Waals surface area contributed by atoms with Crippen molar-refractivity contribution in [2.24, 2.45) is 0 Å². The number of amides is 2. The van der Waals surface area contributed by atoms with Crippen molar-refractivity contribution in [2.75, 3.05) is 66.0 Å². The molecule has 1 aromatic heterocycles. The highest BCUT2D eigenvalue weighted by atomic mass is 35.5. The van der Waals surface area contributed by atoms with Gasteiger partial charge in [0.05, 0.1) is 47.9 Å². The molecule has 2 aromatic rings. The van der Waals surface area contributed by atoms with Gasteiger partial charge in [-0.05, 0) is 43.4 Å². The summed E-state index contributed by atoms with van der Waals surface area (Å²) in [5, 5.41) is 5.74. The van der Waals surface area contributed by atoms with Crippen molar-refractivity contribution in [3.8, 4) is 11.5 Å². The summed E-state index contributed by atoms with van der Waals surface area (Å²) in [5.74, 6) is 0.868. The Morgan fingerprint density at radius 3 is 2.38 bits per heavy atom. The van der Waals surface area contributed by atoms with Gasteiger partial charge in [0.15, 0.2) is 34.0 Å². The van der Waals surface area contributed by atoms with Gasteiger partial charge in [0, 0.05) is 13.0 Å². The van der Waals surface area contributed by atoms with Crippen LogP contribution in [0.15, 0.2) is 18.2 Å². The molecule has 0 unspecified atom stereocenters. The first-order chi connectivity index (χ1) is 17.6. The molecule has 37 heavy (non-hydrogen) atoms. The Morgan fingerprint density at radius 1 is 0.946 bits per heavy atom. The smallest absolute Gasteiger partial charge is 0.273 e. The van der Waals surface area contributed by atoms with Crippen LogP contribution in [-0.4, -0.2) is 80.8 Å². The SMILES string of the molecule is COc1ccc(CCC(=O)NCCCCC[N+](C)(C)CCNC(=O)c2nc(Cl)c(N)nc2N)cc1OC. The van der Waals surface area contributed by atoms with Crippen molar-refractivity contribution >= 4 is 35.1 Å². The number of carbonyl (C=O) groups excluding carboxylic acids is 2. The van der Waals surface area contributed by atoms with Crippen LogP contribution in [0.2, 0.25) is 5.15 Å². The predicted molar refractivity (Wildman–Crippen MR) is 145 cm³/mol. The van der Waals surface area contributed by atoms with Crippen LogP contribution < -0.4 is 31.6 Å². The first-order valence-electron chi connectivity index (χ1n) is 12.2. The fourth-order valence-electron chi connectivity index (χ4n) is 3.73. The maximum absolute atomic E-state index is 12.3. The summed E-state index contributed by atoms with van der Waals surface area (Å²) in [6.07, 6.45) is 3.98. The molecular weight excluding hydrogens is 498 g/mol. The molecule has 204 valence electrons. The number of nitrogens with zero attached hydrogens (tertiary/aromatic N) is 3. The van der Waals surface area contributed by atoms with Crippen LogP contribution >= 0.6 is 11.6 Å². The van der Waals surface area contributed by atoms with E-state index >= 15 is 0 Å². The zero-order chi connectivity index (χ0) is 27.4. The van der Waals surface area contributed by atoms with Gasteiger partial charge in [0.2, 0.25) is 5.91 Å². The Balaban J connectivity index is 1.59. The van der Waals surface area contributed by atoms with Crippen LogP contribution in [0.3, 0.4) is 0 Å². The molecule has 6 N–H and O–H groups in total. The minimum absolute atomic E-state index is 0.0114. The van der Waals surface area contributed by atoms with E-state index in [2.05, 4.69) is 34.7 Å². The van der Waals surface area contributed by atoms with Crippen molar-refractivity contribution in [3.05, 3.63) is 34.6 Å². The number of aromatic nitrogens is 2. The van der Waals surface area contributed by atoms with Crippen molar-refractivity contribution in [1.29, 1.82) is 0 Å². The summed E-state index contributed by atoms with van der Waals surface area (Å²) in [4.78, 5) is 32.3. The summed E-state index contributed by atoms with van der Waals surface area (Å²) in [6, 6.07) is 5.69. The molecular formula is C25H39ClN7O4+. The number of halogens is 1. The number of methoxy groups -OCH3 is 2. The zero-order valence-electron chi connectivity index (χ0n) is 22.1. The summed E-state index contributed by atoms with van der Waals surface area (Å²) < 4.78 is 11.3. The molecule has 0 aliphatic rings. The van der Waals surface area contributed by atoms with Gasteiger partial charge < -0.3 is 36.1 Å². The highest BCUT2D eigenvalue weighted by Gasteiger charge is 2.18. The van der Waals surface area contributed by atoms with Gasteiger partial charge in [-0.1, -0.05) is 17.7 Å². The van der Waals surface area contributed by atoms with E-state index in [4.69, 9.17) is 32.5 Å². The number of likely N-dealkylation sites (N-methyl/N-ethyl adjacent to an activating group) is 1. The monoisotopic (exact) mass is 536 g/mol. The van der Waals surface area contributed by atoms with Gasteiger partial charge in [-0.25, -0.2) is 9.97 Å². The average Bonchev–Trinajstić information content (AvgIpc) is 2.86. The Hall–Kier alpha value is -3.31. The molecule has 1 aromatic carbocycles. The van der Waals surface area contributed by atoms with Crippen LogP contribution in [0.4, 0.5) is 11.6 Å². The van der Waals surface area contributed by atoms with E-state index in [1.165, 1.54) is 0 Å². The molecule has 0 radical (unpaired) electrons. The second-order valence-corrected chi connectivity index (χ2v) is 9.73. The Labute approximate surface area is 223 Å². The van der Waals surface area contributed by atoms with Crippen molar-refractivity contribution < 1.29 is 23.5 Å². The fraction of sp³-hybridized carbons (Fsp3) is 0.520. The third kappa shape index (κ3) is 9.93. The number of nitrogens with two attached hydrogens (primary N) is 2. The summed E-state index contributed by atoms with van der Waals surface area (Å²) in [6.45, 7) is 2.78. The number of ether oxygens (including phenoxy) is 2. The fourth-order valence-corrected chi connectivity index (χ4v) is 3.85. The second kappa shape index (κ2) is 14.4. The van der Waals surface area contributed by atoms with E-state index < -0.39 is 5.91 Å². The summed E-state index contributed by atoms with van der Waals surface area (Å²) in [7, 11) is 7.41. The largest absolute Gasteiger partial charge is 0.493 e. The van der Waals surface area contributed by atoms with Gasteiger partial charge in [0.1, 0.15) is 0 Å². The highest BCUT2D eigenvalue weighted by Crippen LogP contribution is 2.28. The number of hydrogen-bond acceptors (Lipinski definition) is 8. The van der Waals surface area contributed by atoms with Crippen LogP contribution in [0, 0.1) is 0 Å². The highest BCUT2D eigenvalue weighted by molar-refractivity contribution is 6.31. The van der Waals surface area contributed by atoms with Crippen LogP contribution in [-0.2, 0) is 11.2 Å². The first kappa shape index (κ1) is 29.9. The van der Waals surface area contributed by atoms with Gasteiger partial charge in [-0.2, -0.15) is 0 Å². The van der Waals surface area contributed by atoms with E-state index in [9.17, 15) is 9.59 Å². The van der Waals surface area contributed by atoms with E-state index in [1.54, 1.807) is 14.2 Å². The molecule has 1 heterocycles. The van der Waals surface area contributed by atoms with Gasteiger partial charge in [-0.3, -0.25) is 9.59 Å². The summed E-state index contributed by atoms with van der Waals surface area (Å²) >= 11 is 5.84. The third-order valence-electron chi connectivity index (χ3n) is 5.97. The van der Waals surface area contributed by atoms with Crippen molar-refractivity contribution in [2.45, 2.75) is 32.1 Å². The van der Waals surface area contributed by atoms with Crippen LogP contribution in [0.1, 0.15) is 41.7 Å². The Bertz CT molecular complexity index is 1070. The van der Waals surface area contributed by atoms with Gasteiger partial charge >= 0.3 is 0 Å². The average molecular weight is 537 g/mol. The number of anilines is 2. The number of quaternary nitrogens is 1. The van der Waals surface area contributed by atoms with Crippen LogP contribution in [0.5, 0.6) is 11.5 Å². The minimum atomic E-state index is -0.436. The number of nitrogen functional groups attached to an aromatic ring is 2. The van der Waals surface area contributed by atoms with Gasteiger partial charge in [0.25, 0.3) is 5.91 Å². The lowest BCUT2D eigenvalue weighted by Gasteiger charge is -2.30. The number of unbranched alkanes of at least 4 members (excludes halogenated alkanes) is 2. The summed E-state index contributed by atoms with van der Waals surface area (Å²) in [5.41, 5.74) is 12.3. The number of hydrogen-bond donors (Lipinski definition) is 4. The Morgan fingerprint density at radius 2 is 1.68 bits per heavy atom. The molecule has 0 aliphatic heterocycles. The topological polar surface area (TPSA) is 154 Å². The maximum Gasteiger partial charge on any atom is 0.273 e. The lowest BCUT2D eigenvalue weighted by Crippen LogP contribution is -2.46. The minimum Gasteiger partial charge on any atom is -0.493 e. The maximum atomic E-state index is 12.3. The number of nitrogens with one attached hydrogen (secondary N) is 2. The molecule has 2 amide bonds. The number of aryl methyl sites for hydroxylation is 1. The molecule has 0 aliphatic carbocycles. The number of carbonyl (C=O) groups is 2. The van der Waals surface area contributed by atoms with E-state index in [-0.39, 0.29) is 28.4 Å². The molecule has 12 heteroatoms. The van der Waals surface area contributed by atoms with E-state index in [1.807, 2.05) is 18.2 Å². The zero-order valence-corrected chi connectivity index (χ0v) is 22.9. The quantitative estimate of drug-likeness (QED) is 0.199. The Kier molecular flexibility index (Phi) is 11.7. The normalized spacial score (nSPS) is 11.2. The molecule has 0 saturated heterocycles. The van der Waals surface area contributed by atoms with Crippen molar-refractivity contribution in [1.82, 2.24) is 20.6 Å². The molecule has 11 nitrogen and oxygen atoms in total. The lowest BCUT2D eigenvalue weighted by molar-refractivity contribution is -0.889. The number of rotatable bonds is 15. The molecule has 0 fully saturated rings. The molecule has 2 rings (SSSR count). The molecule has 0 atom stereocenters. The predicted octanol–water partition coefficient (Wildman–Crippen LogP) is 2.04. The second-order valence-electron chi connectivity index (χ2n) is 9.37. The van der Waals surface area contributed by atoms with E-state index in [0.29, 0.717) is 37.4 Å². The molecule has 0 saturated carbocycles. The number of benzene rings is 1. The first-order valence-corrected chi connectivity index (χ1v) is 12.6. The van der Waals surface area contributed by atoms with Crippen LogP contribution in [0.25, 0.3) is 0 Å². The van der Waals surface area contributed by atoms with Gasteiger partial charge in [-0.15, -0.1) is 0 Å². The third-order valence-corrected chi connectivity index (χ3v) is 6.25. The molecule has 0 bridgehead atoms. The van der Waals surface area contributed by atoms with Crippen molar-refractivity contribution in [3.63, 3.8) is 0 Å². The van der Waals surface area contributed by atoms with E-state index in [0.717, 1.165) is 42.4 Å².